The normalized spacial score (nSPS) is 15.1. The number of amides is 2. The molecule has 3 rings (SSSR count). The monoisotopic (exact) mass is 428 g/mol. The number of para-hydroxylation sites is 1. The van der Waals surface area contributed by atoms with Crippen LogP contribution in [0.5, 0.6) is 0 Å². The highest BCUT2D eigenvalue weighted by molar-refractivity contribution is 5.91. The number of aromatic nitrogens is 2. The van der Waals surface area contributed by atoms with E-state index < -0.39 is 5.60 Å². The number of nitrogens with one attached hydrogen (secondary N) is 1. The van der Waals surface area contributed by atoms with E-state index in [1.165, 1.54) is 0 Å². The van der Waals surface area contributed by atoms with E-state index in [2.05, 4.69) is 5.32 Å². The van der Waals surface area contributed by atoms with Crippen LogP contribution >= 0.6 is 0 Å². The average Bonchev–Trinajstić information content (AvgIpc) is 2.91. The number of nitrogens with zero attached hydrogens (tertiary/aromatic N) is 3. The fourth-order valence-electron chi connectivity index (χ4n) is 3.81. The summed E-state index contributed by atoms with van der Waals surface area (Å²) in [5.41, 5.74) is 0.977. The first kappa shape index (κ1) is 22.7. The van der Waals surface area contributed by atoms with Crippen molar-refractivity contribution < 1.29 is 14.3 Å². The second-order valence-corrected chi connectivity index (χ2v) is 9.10. The van der Waals surface area contributed by atoms with Crippen LogP contribution < -0.4 is 10.9 Å². The number of anilines is 1. The number of benzene rings is 1. The van der Waals surface area contributed by atoms with Gasteiger partial charge in [-0.05, 0) is 58.6 Å². The predicted molar refractivity (Wildman–Crippen MR) is 120 cm³/mol. The maximum atomic E-state index is 12.9. The van der Waals surface area contributed by atoms with Gasteiger partial charge in [-0.25, -0.2) is 9.48 Å². The third kappa shape index (κ3) is 5.37. The molecule has 0 spiro atoms. The molecule has 0 saturated carbocycles. The quantitative estimate of drug-likeness (QED) is 0.808. The van der Waals surface area contributed by atoms with Gasteiger partial charge in [0.25, 0.3) is 5.56 Å². The minimum Gasteiger partial charge on any atom is -0.444 e. The maximum Gasteiger partial charge on any atom is 0.410 e. The largest absolute Gasteiger partial charge is 0.444 e. The van der Waals surface area contributed by atoms with Gasteiger partial charge in [-0.15, -0.1) is 0 Å². The van der Waals surface area contributed by atoms with Crippen LogP contribution in [0.3, 0.4) is 0 Å². The van der Waals surface area contributed by atoms with Crippen molar-refractivity contribution >= 4 is 17.7 Å². The fraction of sp³-hybridized carbons (Fsp3) is 0.522. The van der Waals surface area contributed by atoms with Gasteiger partial charge < -0.3 is 15.0 Å². The summed E-state index contributed by atoms with van der Waals surface area (Å²) < 4.78 is 8.71. The molecule has 2 heterocycles. The number of ether oxygens (including phenoxy) is 1. The summed E-state index contributed by atoms with van der Waals surface area (Å²) in [5.74, 6) is -0.0132. The summed E-state index contributed by atoms with van der Waals surface area (Å²) in [6.45, 7) is 8.49. The molecule has 0 atom stereocenters. The van der Waals surface area contributed by atoms with Crippen molar-refractivity contribution in [2.45, 2.75) is 52.6 Å². The molecular formula is C23H32N4O4. The third-order valence-electron chi connectivity index (χ3n) is 5.56. The zero-order valence-electron chi connectivity index (χ0n) is 19.0. The number of carbonyl (C=O) groups is 2. The lowest BCUT2D eigenvalue weighted by Crippen LogP contribution is -2.42. The van der Waals surface area contributed by atoms with Crippen LogP contribution in [0.4, 0.5) is 10.5 Å². The highest BCUT2D eigenvalue weighted by Crippen LogP contribution is 2.23. The summed E-state index contributed by atoms with van der Waals surface area (Å²) in [6.07, 6.45) is 1.47. The molecule has 2 aromatic rings. The zero-order valence-corrected chi connectivity index (χ0v) is 19.0. The van der Waals surface area contributed by atoms with Crippen molar-refractivity contribution in [1.82, 2.24) is 14.3 Å². The van der Waals surface area contributed by atoms with Crippen molar-refractivity contribution in [3.05, 3.63) is 46.4 Å². The zero-order chi connectivity index (χ0) is 22.8. The van der Waals surface area contributed by atoms with E-state index in [9.17, 15) is 14.4 Å². The van der Waals surface area contributed by atoms with Crippen molar-refractivity contribution in [3.8, 4) is 5.69 Å². The molecule has 1 N–H and O–H groups in total. The number of carbonyl (C=O) groups excluding carboxylic acids is 2. The van der Waals surface area contributed by atoms with Crippen molar-refractivity contribution in [3.63, 3.8) is 0 Å². The van der Waals surface area contributed by atoms with Gasteiger partial charge in [-0.2, -0.15) is 0 Å². The fourth-order valence-corrected chi connectivity index (χ4v) is 3.81. The van der Waals surface area contributed by atoms with E-state index in [-0.39, 0.29) is 23.5 Å². The van der Waals surface area contributed by atoms with Crippen molar-refractivity contribution in [1.29, 1.82) is 0 Å². The molecule has 8 nitrogen and oxygen atoms in total. The molecule has 0 radical (unpaired) electrons. The van der Waals surface area contributed by atoms with Crippen LogP contribution in [0, 0.1) is 12.8 Å². The summed E-state index contributed by atoms with van der Waals surface area (Å²) in [6, 6.07) is 9.33. The standard InChI is InChI=1S/C23H32N4O4/c1-16-20(21(29)27(25(16)5)18-9-7-6-8-10-18)24-19(28)15-17-11-13-26(14-12-17)22(30)31-23(2,3)4/h6-10,17H,11-15H2,1-5H3,(H,24,28). The van der Waals surface area contributed by atoms with Crippen LogP contribution in [-0.2, 0) is 16.6 Å². The van der Waals surface area contributed by atoms with E-state index in [0.29, 0.717) is 30.9 Å². The van der Waals surface area contributed by atoms with Gasteiger partial charge in [0.2, 0.25) is 5.91 Å². The first-order valence-corrected chi connectivity index (χ1v) is 10.7. The summed E-state index contributed by atoms with van der Waals surface area (Å²) in [7, 11) is 1.80. The Hall–Kier alpha value is -3.03. The van der Waals surface area contributed by atoms with Gasteiger partial charge in [0.05, 0.1) is 11.4 Å². The lowest BCUT2D eigenvalue weighted by molar-refractivity contribution is -0.117. The molecule has 8 heteroatoms. The average molecular weight is 429 g/mol. The first-order valence-electron chi connectivity index (χ1n) is 10.7. The predicted octanol–water partition coefficient (Wildman–Crippen LogP) is 3.46. The van der Waals surface area contributed by atoms with E-state index in [1.807, 2.05) is 58.0 Å². The summed E-state index contributed by atoms with van der Waals surface area (Å²) >= 11 is 0. The lowest BCUT2D eigenvalue weighted by Gasteiger charge is -2.33. The molecule has 168 valence electrons. The Morgan fingerprint density at radius 3 is 2.32 bits per heavy atom. The van der Waals surface area contributed by atoms with E-state index in [1.54, 1.807) is 21.3 Å². The molecule has 1 saturated heterocycles. The van der Waals surface area contributed by atoms with E-state index >= 15 is 0 Å². The van der Waals surface area contributed by atoms with Gasteiger partial charge >= 0.3 is 6.09 Å². The highest BCUT2D eigenvalue weighted by Gasteiger charge is 2.28. The molecule has 1 aromatic carbocycles. The van der Waals surface area contributed by atoms with Crippen LogP contribution in [0.25, 0.3) is 5.69 Å². The van der Waals surface area contributed by atoms with Gasteiger partial charge in [0, 0.05) is 26.6 Å². The second kappa shape index (κ2) is 8.99. The Morgan fingerprint density at radius 1 is 1.13 bits per heavy atom. The Kier molecular flexibility index (Phi) is 6.57. The first-order chi connectivity index (χ1) is 14.6. The van der Waals surface area contributed by atoms with Crippen molar-refractivity contribution in [2.24, 2.45) is 13.0 Å². The van der Waals surface area contributed by atoms with E-state index in [0.717, 1.165) is 18.5 Å². The SMILES string of the molecule is Cc1c(NC(=O)CC2CCN(C(=O)OC(C)(C)C)CC2)c(=O)n(-c2ccccc2)n1C. The van der Waals surface area contributed by atoms with Crippen LogP contribution in [0.1, 0.15) is 45.7 Å². The molecule has 1 aliphatic heterocycles. The third-order valence-corrected chi connectivity index (χ3v) is 5.56. The molecule has 31 heavy (non-hydrogen) atoms. The Labute approximate surface area is 182 Å². The molecule has 1 aliphatic rings. The van der Waals surface area contributed by atoms with Crippen LogP contribution in [-0.4, -0.2) is 45.0 Å². The lowest BCUT2D eigenvalue weighted by atomic mass is 9.93. The van der Waals surface area contributed by atoms with Gasteiger partial charge in [-0.1, -0.05) is 18.2 Å². The number of likely N-dealkylation sites (tertiary alicyclic amines) is 1. The number of rotatable bonds is 4. The Balaban J connectivity index is 1.60. The molecule has 2 amide bonds. The molecular weight excluding hydrogens is 396 g/mol. The topological polar surface area (TPSA) is 85.6 Å². The van der Waals surface area contributed by atoms with Crippen molar-refractivity contribution in [2.75, 3.05) is 18.4 Å². The Bertz CT molecular complexity index is 993. The minimum atomic E-state index is -0.520. The second-order valence-electron chi connectivity index (χ2n) is 9.10. The van der Waals surface area contributed by atoms with Gasteiger partial charge in [-0.3, -0.25) is 14.3 Å². The molecule has 0 bridgehead atoms. The molecule has 1 aromatic heterocycles. The number of hydrogen-bond donors (Lipinski definition) is 1. The van der Waals surface area contributed by atoms with E-state index in [4.69, 9.17) is 4.74 Å². The Morgan fingerprint density at radius 2 is 1.74 bits per heavy atom. The number of hydrogen-bond acceptors (Lipinski definition) is 4. The molecule has 0 unspecified atom stereocenters. The molecule has 1 fully saturated rings. The van der Waals surface area contributed by atoms with Gasteiger partial charge in [0.1, 0.15) is 11.3 Å². The smallest absolute Gasteiger partial charge is 0.410 e. The van der Waals surface area contributed by atoms with Crippen LogP contribution in [0.2, 0.25) is 0 Å². The maximum absolute atomic E-state index is 12.9. The van der Waals surface area contributed by atoms with Gasteiger partial charge in [0.15, 0.2) is 0 Å². The summed E-state index contributed by atoms with van der Waals surface area (Å²) in [5, 5.41) is 2.82. The van der Waals surface area contributed by atoms with Crippen LogP contribution in [0.15, 0.2) is 35.1 Å². The molecule has 0 aliphatic carbocycles. The summed E-state index contributed by atoms with van der Waals surface area (Å²) in [4.78, 5) is 39.5. The number of piperidine rings is 1. The highest BCUT2D eigenvalue weighted by atomic mass is 16.6. The minimum absolute atomic E-state index is 0.166.